The van der Waals surface area contributed by atoms with Gasteiger partial charge in [-0.1, -0.05) is 43.7 Å². The molecule has 0 bridgehead atoms. The topological polar surface area (TPSA) is 103 Å². The van der Waals surface area contributed by atoms with Gasteiger partial charge in [-0.15, -0.1) is 0 Å². The van der Waals surface area contributed by atoms with Crippen molar-refractivity contribution in [1.82, 2.24) is 15.4 Å². The number of H-pyrrole nitrogens is 1. The van der Waals surface area contributed by atoms with Crippen molar-refractivity contribution in [2.24, 2.45) is 5.92 Å². The number of carboxylic acid groups (broad SMARTS) is 1. The maximum absolute atomic E-state index is 13.8. The van der Waals surface area contributed by atoms with Gasteiger partial charge in [-0.3, -0.25) is 9.88 Å². The molecule has 0 aliphatic carbocycles. The Bertz CT molecular complexity index is 1190. The monoisotopic (exact) mass is 553 g/mol. The van der Waals surface area contributed by atoms with Crippen molar-refractivity contribution in [2.75, 3.05) is 32.0 Å². The van der Waals surface area contributed by atoms with E-state index in [1.807, 2.05) is 55.5 Å². The minimum absolute atomic E-state index is 0.270. The van der Waals surface area contributed by atoms with Crippen LogP contribution in [0.15, 0.2) is 54.6 Å². The number of rotatable bonds is 16. The molecule has 1 fully saturated rings. The molecule has 1 aliphatic heterocycles. The van der Waals surface area contributed by atoms with Crippen LogP contribution in [0.1, 0.15) is 56.7 Å². The Morgan fingerprint density at radius 2 is 1.87 bits per heavy atom. The van der Waals surface area contributed by atoms with E-state index in [1.165, 1.54) is 25.7 Å². The minimum Gasteiger partial charge on any atom is -0.494 e. The maximum Gasteiger partial charge on any atom is 0.321 e. The molecule has 4 N–H and O–H groups in total. The summed E-state index contributed by atoms with van der Waals surface area (Å²) in [5.41, 5.74) is 2.95. The summed E-state index contributed by atoms with van der Waals surface area (Å²) >= 11 is 0. The summed E-state index contributed by atoms with van der Waals surface area (Å²) in [6.45, 7) is 4.97. The lowest BCUT2D eigenvalue weighted by atomic mass is 9.93. The van der Waals surface area contributed by atoms with Gasteiger partial charge < -0.3 is 24.7 Å². The number of aromatic nitrogens is 1. The molecule has 0 amide bonds. The number of aryl methyl sites for hydroxylation is 1. The van der Waals surface area contributed by atoms with Crippen molar-refractivity contribution in [1.29, 1.82) is 0 Å². The number of benzene rings is 2. The zero-order valence-corrected chi connectivity index (χ0v) is 24.1. The van der Waals surface area contributed by atoms with Crippen molar-refractivity contribution in [2.45, 2.75) is 64.3 Å². The van der Waals surface area contributed by atoms with Gasteiger partial charge in [-0.25, -0.2) is 0 Å². The number of carbonyl (C=O) groups is 1. The number of hydrogen-bond donors (Lipinski definition) is 4. The summed E-state index contributed by atoms with van der Waals surface area (Å²) in [6.07, 6.45) is 8.57. The van der Waals surface area contributed by atoms with E-state index in [0.29, 0.717) is 25.4 Å². The molecular formula is C31H44N3O4P. The Hall–Kier alpha value is -2.60. The molecule has 0 radical (unpaired) electrons. The molecule has 3 aromatic rings. The number of hydrogen-bond acceptors (Lipinski definition) is 4. The van der Waals surface area contributed by atoms with Gasteiger partial charge in [0, 0.05) is 23.5 Å². The highest BCUT2D eigenvalue weighted by Gasteiger charge is 2.29. The number of unbranched alkanes of at least 4 members (excludes halogenated alkanes) is 1. The van der Waals surface area contributed by atoms with Gasteiger partial charge in [-0.05, 0) is 99.2 Å². The third-order valence-electron chi connectivity index (χ3n) is 7.70. The van der Waals surface area contributed by atoms with E-state index in [0.717, 1.165) is 59.8 Å². The highest BCUT2D eigenvalue weighted by molar-refractivity contribution is 7.61. The second-order valence-electron chi connectivity index (χ2n) is 10.9. The normalized spacial score (nSPS) is 16.6. The Morgan fingerprint density at radius 3 is 2.59 bits per heavy atom. The van der Waals surface area contributed by atoms with E-state index in [4.69, 9.17) is 4.74 Å². The first-order valence-electron chi connectivity index (χ1n) is 14.5. The van der Waals surface area contributed by atoms with Crippen molar-refractivity contribution in [3.63, 3.8) is 0 Å². The SMILES string of the molecule is CCCP(=O)(CCc1cc2ccccc2[nH]1)NC(Cc1ccc(OCCCCC2CCNCC2)cc1)C(=O)O. The van der Waals surface area contributed by atoms with Gasteiger partial charge in [0.2, 0.25) is 0 Å². The molecule has 212 valence electrons. The van der Waals surface area contributed by atoms with Gasteiger partial charge in [-0.2, -0.15) is 0 Å². The minimum atomic E-state index is -2.90. The molecule has 2 unspecified atom stereocenters. The lowest BCUT2D eigenvalue weighted by Crippen LogP contribution is -2.37. The molecule has 1 aliphatic rings. The predicted octanol–water partition coefficient (Wildman–Crippen LogP) is 6.23. The molecule has 1 aromatic heterocycles. The number of aromatic amines is 1. The van der Waals surface area contributed by atoms with Crippen LogP contribution in [0.25, 0.3) is 10.9 Å². The van der Waals surface area contributed by atoms with E-state index in [-0.39, 0.29) is 6.42 Å². The summed E-state index contributed by atoms with van der Waals surface area (Å²) in [5.74, 6) is 0.670. The zero-order chi connectivity index (χ0) is 27.5. The number of nitrogens with one attached hydrogen (secondary N) is 3. The maximum atomic E-state index is 13.8. The molecule has 0 spiro atoms. The second kappa shape index (κ2) is 14.7. The van der Waals surface area contributed by atoms with Crippen LogP contribution in [0, 0.1) is 5.92 Å². The lowest BCUT2D eigenvalue weighted by molar-refractivity contribution is -0.138. The van der Waals surface area contributed by atoms with E-state index in [9.17, 15) is 14.5 Å². The number of fused-ring (bicyclic) bond motifs is 1. The van der Waals surface area contributed by atoms with Crippen LogP contribution in [0.5, 0.6) is 5.75 Å². The average molecular weight is 554 g/mol. The quantitative estimate of drug-likeness (QED) is 0.124. The highest BCUT2D eigenvalue weighted by Crippen LogP contribution is 2.43. The van der Waals surface area contributed by atoms with Crippen LogP contribution in [-0.4, -0.2) is 54.1 Å². The summed E-state index contributed by atoms with van der Waals surface area (Å²) in [4.78, 5) is 15.5. The lowest BCUT2D eigenvalue weighted by Gasteiger charge is -2.24. The second-order valence-corrected chi connectivity index (χ2v) is 13.8. The fourth-order valence-electron chi connectivity index (χ4n) is 5.50. The average Bonchev–Trinajstić information content (AvgIpc) is 3.36. The van der Waals surface area contributed by atoms with Crippen LogP contribution in [0.4, 0.5) is 0 Å². The molecule has 2 aromatic carbocycles. The van der Waals surface area contributed by atoms with Crippen LogP contribution < -0.4 is 15.1 Å². The van der Waals surface area contributed by atoms with Crippen molar-refractivity contribution in [3.05, 3.63) is 65.9 Å². The number of para-hydroxylation sites is 1. The predicted molar refractivity (Wildman–Crippen MR) is 159 cm³/mol. The molecule has 0 saturated carbocycles. The first-order valence-corrected chi connectivity index (χ1v) is 16.6. The zero-order valence-electron chi connectivity index (χ0n) is 23.2. The summed E-state index contributed by atoms with van der Waals surface area (Å²) < 4.78 is 19.7. The Morgan fingerprint density at radius 1 is 1.10 bits per heavy atom. The van der Waals surface area contributed by atoms with Crippen molar-refractivity contribution < 1.29 is 19.2 Å². The Balaban J connectivity index is 1.26. The third-order valence-corrected chi connectivity index (χ3v) is 10.6. The molecule has 2 atom stereocenters. The van der Waals surface area contributed by atoms with Gasteiger partial charge >= 0.3 is 5.97 Å². The van der Waals surface area contributed by atoms with E-state index in [2.05, 4.69) is 21.5 Å². The number of piperidine rings is 1. The molecule has 7 nitrogen and oxygen atoms in total. The third kappa shape index (κ3) is 9.23. The van der Waals surface area contributed by atoms with Crippen LogP contribution in [0.2, 0.25) is 0 Å². The van der Waals surface area contributed by atoms with Gasteiger partial charge in [0.15, 0.2) is 0 Å². The smallest absolute Gasteiger partial charge is 0.321 e. The van der Waals surface area contributed by atoms with Gasteiger partial charge in [0.1, 0.15) is 19.1 Å². The number of carboxylic acids is 1. The molecular weight excluding hydrogens is 509 g/mol. The molecule has 39 heavy (non-hydrogen) atoms. The summed E-state index contributed by atoms with van der Waals surface area (Å²) in [6, 6.07) is 16.9. The molecule has 1 saturated heterocycles. The Labute approximate surface area is 232 Å². The summed E-state index contributed by atoms with van der Waals surface area (Å²) in [5, 5.41) is 17.6. The van der Waals surface area contributed by atoms with Crippen molar-refractivity contribution in [3.8, 4) is 5.75 Å². The number of ether oxygens (including phenoxy) is 1. The molecule has 4 rings (SSSR count). The first kappa shape index (κ1) is 29.4. The van der Waals surface area contributed by atoms with E-state index >= 15 is 0 Å². The van der Waals surface area contributed by atoms with E-state index in [1.54, 1.807) is 0 Å². The fourth-order valence-corrected chi connectivity index (χ4v) is 8.07. The largest absolute Gasteiger partial charge is 0.494 e. The standard InChI is InChI=1S/C31H44N3O4P/c1-2-20-39(37,21-16-27-23-26-8-3-4-9-29(26)33-27)34-30(31(35)36)22-25-10-12-28(13-11-25)38-19-6-5-7-24-14-17-32-18-15-24/h3-4,8-13,23-24,30,32-33H,2,5-7,14-22H2,1H3,(H,34,37)(H,35,36). The highest BCUT2D eigenvalue weighted by atomic mass is 31.2. The van der Waals surface area contributed by atoms with Gasteiger partial charge in [0.25, 0.3) is 0 Å². The number of aliphatic carboxylic acids is 1. The van der Waals surface area contributed by atoms with Crippen LogP contribution in [0.3, 0.4) is 0 Å². The van der Waals surface area contributed by atoms with Crippen LogP contribution in [-0.2, 0) is 22.2 Å². The van der Waals surface area contributed by atoms with Crippen molar-refractivity contribution >= 4 is 24.2 Å². The van der Waals surface area contributed by atoms with E-state index < -0.39 is 19.3 Å². The first-order chi connectivity index (χ1) is 18.9. The molecule has 2 heterocycles. The van der Waals surface area contributed by atoms with Crippen LogP contribution >= 0.6 is 7.29 Å². The Kier molecular flexibility index (Phi) is 11.1. The summed E-state index contributed by atoms with van der Waals surface area (Å²) in [7, 11) is -2.90. The van der Waals surface area contributed by atoms with Gasteiger partial charge in [0.05, 0.1) is 6.61 Å². The fraction of sp³-hybridized carbons (Fsp3) is 0.516. The molecule has 8 heteroatoms.